The van der Waals surface area contributed by atoms with Gasteiger partial charge in [0.05, 0.1) is 0 Å². The van der Waals surface area contributed by atoms with Crippen molar-refractivity contribution in [2.75, 3.05) is 18.1 Å². The van der Waals surface area contributed by atoms with Crippen molar-refractivity contribution in [3.05, 3.63) is 12.2 Å². The van der Waals surface area contributed by atoms with E-state index in [4.69, 9.17) is 0 Å². The second-order valence-electron chi connectivity index (χ2n) is 4.55. The molecule has 1 fully saturated rings. The average Bonchev–Trinajstić information content (AvgIpc) is 2.83. The SMILES string of the molecule is CCNC(=NCc1ncnn1C)NC1CCCSC1.I. The predicted octanol–water partition coefficient (Wildman–Crippen LogP) is 1.38. The molecule has 0 aromatic carbocycles. The number of nitrogens with one attached hydrogen (secondary N) is 2. The lowest BCUT2D eigenvalue weighted by Gasteiger charge is -2.24. The van der Waals surface area contributed by atoms with E-state index in [-0.39, 0.29) is 24.0 Å². The van der Waals surface area contributed by atoms with Crippen LogP contribution in [0.3, 0.4) is 0 Å². The molecule has 20 heavy (non-hydrogen) atoms. The third kappa shape index (κ3) is 5.47. The van der Waals surface area contributed by atoms with E-state index in [0.29, 0.717) is 12.6 Å². The Kier molecular flexibility index (Phi) is 8.27. The number of hydrogen-bond donors (Lipinski definition) is 2. The number of nitrogens with zero attached hydrogens (tertiary/aromatic N) is 4. The van der Waals surface area contributed by atoms with Gasteiger partial charge in [0.1, 0.15) is 18.7 Å². The first-order valence-electron chi connectivity index (χ1n) is 6.75. The van der Waals surface area contributed by atoms with Crippen LogP contribution in [0.1, 0.15) is 25.6 Å². The van der Waals surface area contributed by atoms with Gasteiger partial charge in [0.15, 0.2) is 5.96 Å². The normalized spacial score (nSPS) is 19.3. The molecule has 2 rings (SSSR count). The number of aryl methyl sites for hydroxylation is 1. The Balaban J connectivity index is 0.00000200. The minimum absolute atomic E-state index is 0. The molecule has 2 N–H and O–H groups in total. The van der Waals surface area contributed by atoms with Gasteiger partial charge in [0.25, 0.3) is 0 Å². The summed E-state index contributed by atoms with van der Waals surface area (Å²) in [6, 6.07) is 0.524. The van der Waals surface area contributed by atoms with Gasteiger partial charge in [-0.1, -0.05) is 0 Å². The number of aliphatic imine (C=N–C) groups is 1. The van der Waals surface area contributed by atoms with Crippen molar-refractivity contribution in [1.29, 1.82) is 0 Å². The first kappa shape index (κ1) is 17.5. The molecule has 0 amide bonds. The Morgan fingerprint density at radius 1 is 1.60 bits per heavy atom. The second-order valence-corrected chi connectivity index (χ2v) is 5.70. The molecular weight excluding hydrogens is 387 g/mol. The zero-order chi connectivity index (χ0) is 13.5. The van der Waals surface area contributed by atoms with Crippen molar-refractivity contribution < 1.29 is 0 Å². The second kappa shape index (κ2) is 9.43. The van der Waals surface area contributed by atoms with Crippen LogP contribution in [0.4, 0.5) is 0 Å². The van der Waals surface area contributed by atoms with Crippen molar-refractivity contribution in [3.63, 3.8) is 0 Å². The van der Waals surface area contributed by atoms with Crippen LogP contribution < -0.4 is 10.6 Å². The highest BCUT2D eigenvalue weighted by Crippen LogP contribution is 2.16. The molecule has 1 unspecified atom stereocenters. The number of rotatable bonds is 4. The number of aromatic nitrogens is 3. The molecule has 1 aliphatic heterocycles. The van der Waals surface area contributed by atoms with E-state index in [1.807, 2.05) is 18.8 Å². The van der Waals surface area contributed by atoms with Crippen LogP contribution >= 0.6 is 35.7 Å². The predicted molar refractivity (Wildman–Crippen MR) is 94.7 cm³/mol. The summed E-state index contributed by atoms with van der Waals surface area (Å²) < 4.78 is 1.75. The average molecular weight is 410 g/mol. The molecule has 1 aliphatic rings. The summed E-state index contributed by atoms with van der Waals surface area (Å²) in [6.07, 6.45) is 4.06. The maximum atomic E-state index is 4.57. The number of guanidine groups is 1. The Bertz CT molecular complexity index is 416. The van der Waals surface area contributed by atoms with Gasteiger partial charge in [-0.25, -0.2) is 9.98 Å². The quantitative estimate of drug-likeness (QED) is 0.446. The molecule has 0 bridgehead atoms. The van der Waals surface area contributed by atoms with E-state index >= 15 is 0 Å². The summed E-state index contributed by atoms with van der Waals surface area (Å²) in [5.41, 5.74) is 0. The lowest BCUT2D eigenvalue weighted by molar-refractivity contribution is 0.581. The molecule has 1 aromatic heterocycles. The van der Waals surface area contributed by atoms with Gasteiger partial charge in [-0.2, -0.15) is 16.9 Å². The van der Waals surface area contributed by atoms with Crippen LogP contribution in [0, 0.1) is 0 Å². The summed E-state index contributed by atoms with van der Waals surface area (Å²) in [5.74, 6) is 4.19. The van der Waals surface area contributed by atoms with Crippen molar-refractivity contribution >= 4 is 41.7 Å². The molecule has 1 atom stereocenters. The molecule has 2 heterocycles. The minimum atomic E-state index is 0. The van der Waals surface area contributed by atoms with E-state index < -0.39 is 0 Å². The number of thioether (sulfide) groups is 1. The molecule has 1 saturated heterocycles. The fourth-order valence-corrected chi connectivity index (χ4v) is 3.05. The Hall–Kier alpha value is -0.510. The maximum Gasteiger partial charge on any atom is 0.191 e. The Labute approximate surface area is 141 Å². The molecule has 0 saturated carbocycles. The molecule has 0 radical (unpaired) electrons. The largest absolute Gasteiger partial charge is 0.357 e. The highest BCUT2D eigenvalue weighted by molar-refractivity contribution is 14.0. The van der Waals surface area contributed by atoms with Gasteiger partial charge < -0.3 is 10.6 Å². The van der Waals surface area contributed by atoms with Gasteiger partial charge >= 0.3 is 0 Å². The van der Waals surface area contributed by atoms with Crippen molar-refractivity contribution in [1.82, 2.24) is 25.4 Å². The van der Waals surface area contributed by atoms with Gasteiger partial charge in [-0.3, -0.25) is 4.68 Å². The van der Waals surface area contributed by atoms with Crippen LogP contribution in [0.5, 0.6) is 0 Å². The Morgan fingerprint density at radius 2 is 2.45 bits per heavy atom. The van der Waals surface area contributed by atoms with Gasteiger partial charge in [0, 0.05) is 25.4 Å². The Morgan fingerprint density at radius 3 is 3.05 bits per heavy atom. The molecular formula is C12H23IN6S. The zero-order valence-electron chi connectivity index (χ0n) is 12.0. The highest BCUT2D eigenvalue weighted by atomic mass is 127. The lowest BCUT2D eigenvalue weighted by atomic mass is 10.2. The fraction of sp³-hybridized carbons (Fsp3) is 0.750. The smallest absolute Gasteiger partial charge is 0.191 e. The lowest BCUT2D eigenvalue weighted by Crippen LogP contribution is -2.45. The summed E-state index contributed by atoms with van der Waals surface area (Å²) in [7, 11) is 1.88. The molecule has 114 valence electrons. The van der Waals surface area contributed by atoms with Crippen LogP contribution in [0.15, 0.2) is 11.3 Å². The minimum Gasteiger partial charge on any atom is -0.357 e. The zero-order valence-corrected chi connectivity index (χ0v) is 15.1. The van der Waals surface area contributed by atoms with Crippen molar-refractivity contribution in [3.8, 4) is 0 Å². The summed E-state index contributed by atoms with van der Waals surface area (Å²) in [4.78, 5) is 8.75. The first-order chi connectivity index (χ1) is 9.29. The number of halogens is 1. The van der Waals surface area contributed by atoms with E-state index in [2.05, 4.69) is 32.6 Å². The maximum absolute atomic E-state index is 4.57. The molecule has 0 spiro atoms. The highest BCUT2D eigenvalue weighted by Gasteiger charge is 2.14. The molecule has 6 nitrogen and oxygen atoms in total. The van der Waals surface area contributed by atoms with Gasteiger partial charge in [0.2, 0.25) is 0 Å². The van der Waals surface area contributed by atoms with Crippen LogP contribution in [0.2, 0.25) is 0 Å². The van der Waals surface area contributed by atoms with E-state index in [0.717, 1.165) is 24.1 Å². The molecule has 0 aliphatic carbocycles. The third-order valence-corrected chi connectivity index (χ3v) is 4.24. The topological polar surface area (TPSA) is 67.1 Å². The summed E-state index contributed by atoms with van der Waals surface area (Å²) in [5, 5.41) is 10.8. The van der Waals surface area contributed by atoms with E-state index in [1.54, 1.807) is 11.0 Å². The van der Waals surface area contributed by atoms with E-state index in [1.165, 1.54) is 18.6 Å². The van der Waals surface area contributed by atoms with Crippen LogP contribution in [-0.4, -0.2) is 44.8 Å². The first-order valence-corrected chi connectivity index (χ1v) is 7.90. The monoisotopic (exact) mass is 410 g/mol. The van der Waals surface area contributed by atoms with Gasteiger partial charge in [-0.15, -0.1) is 24.0 Å². The van der Waals surface area contributed by atoms with Crippen molar-refractivity contribution in [2.24, 2.45) is 12.0 Å². The molecule has 8 heteroatoms. The van der Waals surface area contributed by atoms with E-state index in [9.17, 15) is 0 Å². The number of hydrogen-bond acceptors (Lipinski definition) is 4. The van der Waals surface area contributed by atoms with Crippen molar-refractivity contribution in [2.45, 2.75) is 32.4 Å². The summed E-state index contributed by atoms with van der Waals surface area (Å²) >= 11 is 2.01. The standard InChI is InChI=1S/C12H22N6S.HI/c1-3-13-12(17-10-5-4-6-19-8-10)14-7-11-15-9-16-18(11)2;/h9-10H,3-8H2,1-2H3,(H2,13,14,17);1H. The van der Waals surface area contributed by atoms with Gasteiger partial charge in [-0.05, 0) is 25.5 Å². The fourth-order valence-electron chi connectivity index (χ4n) is 1.98. The van der Waals surface area contributed by atoms with Crippen LogP contribution in [0.25, 0.3) is 0 Å². The summed E-state index contributed by atoms with van der Waals surface area (Å²) in [6.45, 7) is 3.49. The molecule has 1 aromatic rings. The van der Waals surface area contributed by atoms with Crippen LogP contribution in [-0.2, 0) is 13.6 Å². The third-order valence-electron chi connectivity index (χ3n) is 3.03.